The lowest BCUT2D eigenvalue weighted by molar-refractivity contribution is 0.231. The monoisotopic (exact) mass is 290 g/mol. The lowest BCUT2D eigenvalue weighted by Gasteiger charge is -2.27. The van der Waals surface area contributed by atoms with Gasteiger partial charge in [0.15, 0.2) is 0 Å². The van der Waals surface area contributed by atoms with Crippen LogP contribution in [0, 0.1) is 5.92 Å². The zero-order valence-electron chi connectivity index (χ0n) is 13.4. The Hall–Kier alpha value is -0.870. The van der Waals surface area contributed by atoms with Crippen LogP contribution in [-0.2, 0) is 6.54 Å². The average Bonchev–Trinajstić information content (AvgIpc) is 2.97. The van der Waals surface area contributed by atoms with Crippen molar-refractivity contribution >= 4 is 0 Å². The summed E-state index contributed by atoms with van der Waals surface area (Å²) >= 11 is 0. The van der Waals surface area contributed by atoms with E-state index in [-0.39, 0.29) is 0 Å². The topological polar surface area (TPSA) is 33.1 Å². The molecule has 2 fully saturated rings. The van der Waals surface area contributed by atoms with E-state index < -0.39 is 0 Å². The molecule has 0 atom stereocenters. The number of piperidine rings is 1. The van der Waals surface area contributed by atoms with Crippen molar-refractivity contribution in [1.29, 1.82) is 0 Å². The molecule has 1 aromatic rings. The van der Waals surface area contributed by atoms with Crippen LogP contribution in [0.5, 0.6) is 0 Å². The molecular weight excluding hydrogens is 260 g/mol. The Morgan fingerprint density at radius 2 is 1.95 bits per heavy atom. The van der Waals surface area contributed by atoms with E-state index in [2.05, 4.69) is 34.2 Å². The predicted molar refractivity (Wildman–Crippen MR) is 86.3 cm³/mol. The highest BCUT2D eigenvalue weighted by Gasteiger charge is 2.18. The summed E-state index contributed by atoms with van der Waals surface area (Å²) < 4.78 is 2.23. The third-order valence-corrected chi connectivity index (χ3v) is 5.07. The van der Waals surface area contributed by atoms with Gasteiger partial charge in [-0.2, -0.15) is 5.10 Å². The molecule has 1 aliphatic carbocycles. The predicted octanol–water partition coefficient (Wildman–Crippen LogP) is 2.82. The first-order valence-corrected chi connectivity index (χ1v) is 8.74. The second kappa shape index (κ2) is 7.41. The molecular formula is C17H30N4. The maximum atomic E-state index is 4.83. The molecule has 0 spiro atoms. The summed E-state index contributed by atoms with van der Waals surface area (Å²) in [5.74, 6) is 0.858. The van der Waals surface area contributed by atoms with Gasteiger partial charge in [-0.1, -0.05) is 19.3 Å². The number of aromatic nitrogens is 2. The van der Waals surface area contributed by atoms with E-state index in [1.54, 1.807) is 0 Å². The largest absolute Gasteiger partial charge is 0.317 e. The molecule has 1 saturated carbocycles. The molecule has 0 unspecified atom stereocenters. The number of hydrogen-bond donors (Lipinski definition) is 1. The van der Waals surface area contributed by atoms with Gasteiger partial charge in [0.1, 0.15) is 0 Å². The van der Waals surface area contributed by atoms with Crippen LogP contribution >= 0.6 is 0 Å². The Balaban J connectivity index is 1.49. The lowest BCUT2D eigenvalue weighted by Crippen LogP contribution is -2.34. The van der Waals surface area contributed by atoms with Gasteiger partial charge in [0.2, 0.25) is 0 Å². The van der Waals surface area contributed by atoms with E-state index in [9.17, 15) is 0 Å². The van der Waals surface area contributed by atoms with E-state index >= 15 is 0 Å². The summed E-state index contributed by atoms with van der Waals surface area (Å²) in [5, 5.41) is 8.27. The van der Waals surface area contributed by atoms with Crippen LogP contribution in [0.15, 0.2) is 12.3 Å². The van der Waals surface area contributed by atoms with Gasteiger partial charge >= 0.3 is 0 Å². The Morgan fingerprint density at radius 3 is 2.71 bits per heavy atom. The average molecular weight is 290 g/mol. The molecule has 0 radical (unpaired) electrons. The van der Waals surface area contributed by atoms with Crippen LogP contribution in [0.1, 0.15) is 56.7 Å². The highest BCUT2D eigenvalue weighted by molar-refractivity contribution is 5.00. The van der Waals surface area contributed by atoms with Crippen molar-refractivity contribution in [2.45, 2.75) is 57.5 Å². The van der Waals surface area contributed by atoms with E-state index in [0.717, 1.165) is 12.5 Å². The molecule has 4 heteroatoms. The first-order valence-electron chi connectivity index (χ1n) is 8.74. The number of nitrogens with one attached hydrogen (secondary N) is 1. The SMILES string of the molecule is CN(Cc1ccn(C2CCCCC2)n1)CC1CCNCC1. The molecule has 0 aromatic carbocycles. The molecule has 1 saturated heterocycles. The van der Waals surface area contributed by atoms with Crippen molar-refractivity contribution in [2.24, 2.45) is 5.92 Å². The second-order valence-electron chi connectivity index (χ2n) is 6.97. The van der Waals surface area contributed by atoms with E-state index in [1.807, 2.05) is 0 Å². The van der Waals surface area contributed by atoms with Crippen molar-refractivity contribution in [1.82, 2.24) is 20.0 Å². The van der Waals surface area contributed by atoms with Crippen LogP contribution in [0.3, 0.4) is 0 Å². The minimum atomic E-state index is 0.655. The van der Waals surface area contributed by atoms with Gasteiger partial charge in [-0.15, -0.1) is 0 Å². The molecule has 2 aliphatic rings. The molecule has 0 bridgehead atoms. The third-order valence-electron chi connectivity index (χ3n) is 5.07. The van der Waals surface area contributed by atoms with Crippen LogP contribution < -0.4 is 5.32 Å². The van der Waals surface area contributed by atoms with Crippen molar-refractivity contribution in [3.63, 3.8) is 0 Å². The summed E-state index contributed by atoms with van der Waals surface area (Å²) in [6, 6.07) is 2.87. The summed E-state index contributed by atoms with van der Waals surface area (Å²) in [5.41, 5.74) is 1.23. The fraction of sp³-hybridized carbons (Fsp3) is 0.824. The molecule has 0 amide bonds. The van der Waals surface area contributed by atoms with Crippen LogP contribution in [0.4, 0.5) is 0 Å². The number of nitrogens with zero attached hydrogens (tertiary/aromatic N) is 3. The van der Waals surface area contributed by atoms with Gasteiger partial charge in [0, 0.05) is 19.3 Å². The summed E-state index contributed by atoms with van der Waals surface area (Å²) in [7, 11) is 2.24. The van der Waals surface area contributed by atoms with Crippen molar-refractivity contribution in [3.8, 4) is 0 Å². The summed E-state index contributed by atoms with van der Waals surface area (Å²) in [4.78, 5) is 2.45. The van der Waals surface area contributed by atoms with Gasteiger partial charge in [-0.05, 0) is 57.8 Å². The molecule has 4 nitrogen and oxygen atoms in total. The molecule has 1 aliphatic heterocycles. The molecule has 3 rings (SSSR count). The quantitative estimate of drug-likeness (QED) is 0.905. The molecule has 21 heavy (non-hydrogen) atoms. The van der Waals surface area contributed by atoms with Crippen LogP contribution in [0.2, 0.25) is 0 Å². The van der Waals surface area contributed by atoms with E-state index in [1.165, 1.54) is 70.3 Å². The van der Waals surface area contributed by atoms with Gasteiger partial charge in [0.25, 0.3) is 0 Å². The fourth-order valence-electron chi connectivity index (χ4n) is 3.86. The zero-order chi connectivity index (χ0) is 14.5. The van der Waals surface area contributed by atoms with Gasteiger partial charge in [0.05, 0.1) is 11.7 Å². The van der Waals surface area contributed by atoms with Crippen molar-refractivity contribution in [3.05, 3.63) is 18.0 Å². The Morgan fingerprint density at radius 1 is 1.19 bits per heavy atom. The zero-order valence-corrected chi connectivity index (χ0v) is 13.4. The van der Waals surface area contributed by atoms with Crippen LogP contribution in [0.25, 0.3) is 0 Å². The first kappa shape index (κ1) is 15.0. The minimum absolute atomic E-state index is 0.655. The van der Waals surface area contributed by atoms with E-state index in [0.29, 0.717) is 6.04 Å². The molecule has 2 heterocycles. The summed E-state index contributed by atoms with van der Waals surface area (Å²) in [6.07, 6.45) is 11.6. The van der Waals surface area contributed by atoms with Gasteiger partial charge < -0.3 is 10.2 Å². The Kier molecular flexibility index (Phi) is 5.31. The van der Waals surface area contributed by atoms with Crippen LogP contribution in [-0.4, -0.2) is 41.4 Å². The van der Waals surface area contributed by atoms with E-state index in [4.69, 9.17) is 5.10 Å². The summed E-state index contributed by atoms with van der Waals surface area (Å²) in [6.45, 7) is 4.57. The highest BCUT2D eigenvalue weighted by atomic mass is 15.3. The van der Waals surface area contributed by atoms with Gasteiger partial charge in [-0.25, -0.2) is 0 Å². The maximum Gasteiger partial charge on any atom is 0.0764 e. The highest BCUT2D eigenvalue weighted by Crippen LogP contribution is 2.27. The first-order chi connectivity index (χ1) is 10.3. The third kappa shape index (κ3) is 4.30. The smallest absolute Gasteiger partial charge is 0.0764 e. The molecule has 118 valence electrons. The van der Waals surface area contributed by atoms with Gasteiger partial charge in [-0.3, -0.25) is 4.68 Å². The number of rotatable bonds is 5. The minimum Gasteiger partial charge on any atom is -0.317 e. The Labute approximate surface area is 128 Å². The molecule has 1 N–H and O–H groups in total. The second-order valence-corrected chi connectivity index (χ2v) is 6.97. The number of hydrogen-bond acceptors (Lipinski definition) is 3. The normalized spacial score (nSPS) is 22.0. The van der Waals surface area contributed by atoms with Crippen molar-refractivity contribution in [2.75, 3.05) is 26.7 Å². The lowest BCUT2D eigenvalue weighted by atomic mass is 9.96. The maximum absolute atomic E-state index is 4.83. The van der Waals surface area contributed by atoms with Crippen molar-refractivity contribution < 1.29 is 0 Å². The molecule has 1 aromatic heterocycles. The Bertz CT molecular complexity index is 416. The fourth-order valence-corrected chi connectivity index (χ4v) is 3.86. The standard InChI is InChI=1S/C17H30N4/c1-20(13-15-7-10-18-11-8-15)14-16-9-12-21(19-16)17-5-3-2-4-6-17/h9,12,15,17-18H,2-8,10-11,13-14H2,1H3.